The normalized spacial score (nSPS) is 11.8. The van der Waals surface area contributed by atoms with E-state index in [-0.39, 0.29) is 11.2 Å². The summed E-state index contributed by atoms with van der Waals surface area (Å²) < 4.78 is 11.2. The van der Waals surface area contributed by atoms with Gasteiger partial charge in [0.25, 0.3) is 5.91 Å². The van der Waals surface area contributed by atoms with Crippen molar-refractivity contribution in [2.75, 3.05) is 13.2 Å². The van der Waals surface area contributed by atoms with E-state index in [9.17, 15) is 4.79 Å². The van der Waals surface area contributed by atoms with Gasteiger partial charge in [-0.3, -0.25) is 4.79 Å². The fraction of sp³-hybridized carbons (Fsp3) is 0.238. The van der Waals surface area contributed by atoms with Crippen molar-refractivity contribution in [3.63, 3.8) is 0 Å². The minimum Gasteiger partial charge on any atom is -0.490 e. The maximum Gasteiger partial charge on any atom is 0.253 e. The summed E-state index contributed by atoms with van der Waals surface area (Å²) in [5.41, 5.74) is 3.38. The number of hydrazone groups is 1. The van der Waals surface area contributed by atoms with E-state index in [4.69, 9.17) is 9.47 Å². The van der Waals surface area contributed by atoms with E-state index in [0.29, 0.717) is 24.7 Å². The molecule has 0 heterocycles. The predicted molar refractivity (Wildman–Crippen MR) is 111 cm³/mol. The van der Waals surface area contributed by atoms with E-state index in [1.165, 1.54) is 11.8 Å². The highest BCUT2D eigenvalue weighted by molar-refractivity contribution is 8.00. The Morgan fingerprint density at radius 2 is 2.00 bits per heavy atom. The number of rotatable bonds is 10. The quantitative estimate of drug-likeness (QED) is 0.287. The van der Waals surface area contributed by atoms with Gasteiger partial charge in [0.2, 0.25) is 0 Å². The second-order valence-corrected chi connectivity index (χ2v) is 6.96. The third-order valence-electron chi connectivity index (χ3n) is 3.44. The van der Waals surface area contributed by atoms with Gasteiger partial charge in [0.05, 0.1) is 18.1 Å². The molecule has 0 unspecified atom stereocenters. The minimum absolute atomic E-state index is 0.156. The predicted octanol–water partition coefficient (Wildman–Crippen LogP) is 4.28. The number of benzene rings is 2. The van der Waals surface area contributed by atoms with Crippen LogP contribution in [0.15, 0.2) is 71.2 Å². The Morgan fingerprint density at radius 3 is 2.70 bits per heavy atom. The second-order valence-electron chi connectivity index (χ2n) is 5.55. The molecule has 2 aromatic carbocycles. The van der Waals surface area contributed by atoms with Crippen LogP contribution in [0.25, 0.3) is 0 Å². The summed E-state index contributed by atoms with van der Waals surface area (Å²) in [4.78, 5) is 13.2. The highest BCUT2D eigenvalue weighted by atomic mass is 32.2. The van der Waals surface area contributed by atoms with Crippen molar-refractivity contribution in [2.45, 2.75) is 24.0 Å². The SMILES string of the molecule is C=CCOc1ccc(/C=N\NC(=O)[C@@H](C)Sc2ccccc2)cc1OCC. The number of thioether (sulfide) groups is 1. The Bertz CT molecular complexity index is 778. The van der Waals surface area contributed by atoms with Crippen LogP contribution < -0.4 is 14.9 Å². The molecule has 5 nitrogen and oxygen atoms in total. The van der Waals surface area contributed by atoms with Gasteiger partial charge >= 0.3 is 0 Å². The lowest BCUT2D eigenvalue weighted by molar-refractivity contribution is -0.120. The van der Waals surface area contributed by atoms with Crippen LogP contribution in [0.2, 0.25) is 0 Å². The molecule has 1 atom stereocenters. The van der Waals surface area contributed by atoms with Crippen molar-refractivity contribution in [3.05, 3.63) is 66.7 Å². The Labute approximate surface area is 164 Å². The molecule has 1 N–H and O–H groups in total. The molecule has 0 saturated heterocycles. The number of nitrogens with one attached hydrogen (secondary N) is 1. The Kier molecular flexibility index (Phi) is 8.45. The lowest BCUT2D eigenvalue weighted by Crippen LogP contribution is -2.26. The van der Waals surface area contributed by atoms with Gasteiger partial charge in [0.1, 0.15) is 6.61 Å². The highest BCUT2D eigenvalue weighted by Gasteiger charge is 2.13. The molecule has 0 spiro atoms. The van der Waals surface area contributed by atoms with Gasteiger partial charge in [-0.1, -0.05) is 30.9 Å². The van der Waals surface area contributed by atoms with Gasteiger partial charge in [-0.25, -0.2) is 5.43 Å². The monoisotopic (exact) mass is 384 g/mol. The number of carbonyl (C=O) groups excluding carboxylic acids is 1. The van der Waals surface area contributed by atoms with Crippen LogP contribution >= 0.6 is 11.8 Å². The molecule has 1 amide bonds. The molecule has 6 heteroatoms. The van der Waals surface area contributed by atoms with Gasteiger partial charge in [-0.05, 0) is 49.7 Å². The number of nitrogens with zero attached hydrogens (tertiary/aromatic N) is 1. The fourth-order valence-electron chi connectivity index (χ4n) is 2.16. The summed E-state index contributed by atoms with van der Waals surface area (Å²) in [6, 6.07) is 15.3. The van der Waals surface area contributed by atoms with Crippen molar-refractivity contribution >= 4 is 23.9 Å². The molecule has 27 heavy (non-hydrogen) atoms. The average Bonchev–Trinajstić information content (AvgIpc) is 2.68. The van der Waals surface area contributed by atoms with Crippen LogP contribution in [0, 0.1) is 0 Å². The van der Waals surface area contributed by atoms with Gasteiger partial charge in [0, 0.05) is 4.90 Å². The van der Waals surface area contributed by atoms with Gasteiger partial charge in [-0.2, -0.15) is 5.10 Å². The number of ether oxygens (including phenoxy) is 2. The summed E-state index contributed by atoms with van der Waals surface area (Å²) in [5.74, 6) is 1.12. The third-order valence-corrected chi connectivity index (χ3v) is 4.55. The van der Waals surface area contributed by atoms with E-state index >= 15 is 0 Å². The molecule has 0 saturated carbocycles. The molecule has 0 bridgehead atoms. The van der Waals surface area contributed by atoms with E-state index in [1.807, 2.05) is 62.4 Å². The Hall–Kier alpha value is -2.73. The van der Waals surface area contributed by atoms with E-state index in [2.05, 4.69) is 17.1 Å². The standard InChI is InChI=1S/C21H24N2O3S/c1-4-13-26-19-12-11-17(14-20(19)25-5-2)15-22-23-21(24)16(3)27-18-9-7-6-8-10-18/h4,6-12,14-16H,1,5,13H2,2-3H3,(H,23,24)/b22-15-/t16-/m1/s1. The maximum absolute atomic E-state index is 12.2. The first-order valence-corrected chi connectivity index (χ1v) is 9.57. The minimum atomic E-state index is -0.252. The molecule has 0 aromatic heterocycles. The largest absolute Gasteiger partial charge is 0.490 e. The van der Waals surface area contributed by atoms with Crippen LogP contribution in [-0.2, 0) is 4.79 Å². The summed E-state index contributed by atoms with van der Waals surface area (Å²) in [5, 5.41) is 3.80. The number of carbonyl (C=O) groups is 1. The van der Waals surface area contributed by atoms with Crippen LogP contribution in [-0.4, -0.2) is 30.6 Å². The zero-order valence-corrected chi connectivity index (χ0v) is 16.4. The van der Waals surface area contributed by atoms with E-state index in [1.54, 1.807) is 12.3 Å². The fourth-order valence-corrected chi connectivity index (χ4v) is 3.04. The van der Waals surface area contributed by atoms with E-state index in [0.717, 1.165) is 10.5 Å². The average molecular weight is 385 g/mol. The topological polar surface area (TPSA) is 59.9 Å². The third kappa shape index (κ3) is 6.83. The van der Waals surface area contributed by atoms with Crippen molar-refractivity contribution in [3.8, 4) is 11.5 Å². The highest BCUT2D eigenvalue weighted by Crippen LogP contribution is 2.28. The molecule has 0 aliphatic heterocycles. The van der Waals surface area contributed by atoms with Crippen LogP contribution in [0.3, 0.4) is 0 Å². The number of hydrogen-bond acceptors (Lipinski definition) is 5. The van der Waals surface area contributed by atoms with Crippen molar-refractivity contribution in [1.82, 2.24) is 5.43 Å². The van der Waals surface area contributed by atoms with Gasteiger partial charge < -0.3 is 9.47 Å². The summed E-state index contributed by atoms with van der Waals surface area (Å²) in [6.07, 6.45) is 3.26. The lowest BCUT2D eigenvalue weighted by Gasteiger charge is -2.11. The molecular formula is C21H24N2O3S. The van der Waals surface area contributed by atoms with E-state index < -0.39 is 0 Å². The first-order valence-electron chi connectivity index (χ1n) is 8.69. The van der Waals surface area contributed by atoms with Crippen LogP contribution in [0.1, 0.15) is 19.4 Å². The summed E-state index contributed by atoms with van der Waals surface area (Å²) >= 11 is 1.49. The number of amides is 1. The zero-order chi connectivity index (χ0) is 19.5. The molecule has 2 rings (SSSR count). The van der Waals surface area contributed by atoms with Gasteiger partial charge in [-0.15, -0.1) is 11.8 Å². The van der Waals surface area contributed by atoms with Gasteiger partial charge in [0.15, 0.2) is 11.5 Å². The second kappa shape index (κ2) is 11.1. The summed E-state index contributed by atoms with van der Waals surface area (Å²) in [7, 11) is 0. The molecule has 0 radical (unpaired) electrons. The number of hydrogen-bond donors (Lipinski definition) is 1. The first-order chi connectivity index (χ1) is 13.1. The molecule has 142 valence electrons. The molecule has 0 fully saturated rings. The molecule has 2 aromatic rings. The van der Waals surface area contributed by atoms with Crippen molar-refractivity contribution < 1.29 is 14.3 Å². The lowest BCUT2D eigenvalue weighted by atomic mass is 10.2. The molecule has 0 aliphatic carbocycles. The Morgan fingerprint density at radius 1 is 1.22 bits per heavy atom. The van der Waals surface area contributed by atoms with Crippen LogP contribution in [0.4, 0.5) is 0 Å². The van der Waals surface area contributed by atoms with Crippen molar-refractivity contribution in [2.24, 2.45) is 5.10 Å². The maximum atomic E-state index is 12.2. The first kappa shape index (κ1) is 20.6. The molecular weight excluding hydrogens is 360 g/mol. The van der Waals surface area contributed by atoms with Crippen LogP contribution in [0.5, 0.6) is 11.5 Å². The summed E-state index contributed by atoms with van der Waals surface area (Å²) in [6.45, 7) is 8.32. The smallest absolute Gasteiger partial charge is 0.253 e. The zero-order valence-electron chi connectivity index (χ0n) is 15.6. The van der Waals surface area contributed by atoms with Crippen molar-refractivity contribution in [1.29, 1.82) is 0 Å². The Balaban J connectivity index is 1.95. The molecule has 0 aliphatic rings.